The van der Waals surface area contributed by atoms with Crippen LogP contribution in [-0.4, -0.2) is 15.2 Å². The molecule has 0 radical (unpaired) electrons. The van der Waals surface area contributed by atoms with Crippen molar-refractivity contribution in [1.82, 2.24) is 10.1 Å². The molecule has 2 N–H and O–H groups in total. The molecule has 0 aliphatic carbocycles. The monoisotopic (exact) mass is 236 g/mol. The van der Waals surface area contributed by atoms with Crippen molar-refractivity contribution in [2.45, 2.75) is 39.2 Å². The van der Waals surface area contributed by atoms with Gasteiger partial charge in [0.25, 0.3) is 5.82 Å². The van der Waals surface area contributed by atoms with Gasteiger partial charge in [-0.25, -0.2) is 0 Å². The van der Waals surface area contributed by atoms with Crippen LogP contribution >= 0.6 is 0 Å². The SMILES string of the molecule is C/C=C\C=CC(C)(C)c1nc([C@H](C)O)[n+](C)[nH]1. The van der Waals surface area contributed by atoms with Gasteiger partial charge in [-0.1, -0.05) is 24.3 Å². The number of aryl methyl sites for hydroxylation is 1. The minimum absolute atomic E-state index is 0.190. The molecule has 1 rings (SSSR count). The molecule has 1 heterocycles. The lowest BCUT2D eigenvalue weighted by molar-refractivity contribution is -0.738. The van der Waals surface area contributed by atoms with Gasteiger partial charge >= 0.3 is 5.82 Å². The predicted molar refractivity (Wildman–Crippen MR) is 67.4 cm³/mol. The molecule has 0 aromatic carbocycles. The van der Waals surface area contributed by atoms with Gasteiger partial charge < -0.3 is 5.11 Å². The van der Waals surface area contributed by atoms with E-state index < -0.39 is 6.10 Å². The number of H-pyrrole nitrogens is 1. The number of nitrogens with zero attached hydrogens (tertiary/aromatic N) is 2. The standard InChI is InChI=1S/C13H21N3O/c1-6-7-8-9-13(3,4)12-14-11(10(2)17)16(5)15-12/h6-10,17H,1-5H3/p+1/b7-6-,9-8?/t10-/m0/s1. The normalized spacial score (nSPS) is 14.9. The number of allylic oxidation sites excluding steroid dienone is 4. The molecule has 4 nitrogen and oxygen atoms in total. The molecule has 0 fully saturated rings. The number of aliphatic hydroxyl groups is 1. The van der Waals surface area contributed by atoms with Crippen molar-refractivity contribution in [3.8, 4) is 0 Å². The Balaban J connectivity index is 3.03. The first-order valence-corrected chi connectivity index (χ1v) is 5.83. The van der Waals surface area contributed by atoms with E-state index in [1.165, 1.54) is 0 Å². The smallest absolute Gasteiger partial charge is 0.347 e. The first kappa shape index (κ1) is 13.6. The van der Waals surface area contributed by atoms with Gasteiger partial charge in [0.05, 0.1) is 5.41 Å². The fourth-order valence-electron chi connectivity index (χ4n) is 1.58. The van der Waals surface area contributed by atoms with Crippen molar-refractivity contribution >= 4 is 0 Å². The molecule has 4 heteroatoms. The summed E-state index contributed by atoms with van der Waals surface area (Å²) < 4.78 is 1.76. The average Bonchev–Trinajstić information content (AvgIpc) is 2.61. The highest BCUT2D eigenvalue weighted by Gasteiger charge is 2.30. The van der Waals surface area contributed by atoms with E-state index >= 15 is 0 Å². The number of hydrogen-bond acceptors (Lipinski definition) is 2. The molecule has 0 unspecified atom stereocenters. The Morgan fingerprint density at radius 2 is 2.06 bits per heavy atom. The molecule has 94 valence electrons. The van der Waals surface area contributed by atoms with Crippen LogP contribution in [-0.2, 0) is 12.5 Å². The van der Waals surface area contributed by atoms with Gasteiger partial charge in [0, 0.05) is 0 Å². The second-order valence-electron chi connectivity index (χ2n) is 4.77. The number of nitrogens with one attached hydrogen (secondary N) is 1. The lowest BCUT2D eigenvalue weighted by Gasteiger charge is -2.11. The van der Waals surface area contributed by atoms with Crippen LogP contribution in [0.25, 0.3) is 0 Å². The zero-order valence-corrected chi connectivity index (χ0v) is 11.2. The van der Waals surface area contributed by atoms with Crippen molar-refractivity contribution in [3.05, 3.63) is 36.0 Å². The Bertz CT molecular complexity index is 428. The Hall–Kier alpha value is -1.42. The Kier molecular flexibility index (Phi) is 4.23. The highest BCUT2D eigenvalue weighted by molar-refractivity contribution is 5.17. The van der Waals surface area contributed by atoms with Gasteiger partial charge in [0.2, 0.25) is 0 Å². The second-order valence-corrected chi connectivity index (χ2v) is 4.77. The Morgan fingerprint density at radius 1 is 1.41 bits per heavy atom. The maximum atomic E-state index is 9.57. The molecule has 1 aromatic rings. The van der Waals surface area contributed by atoms with Gasteiger partial charge in [-0.15, -0.1) is 0 Å². The van der Waals surface area contributed by atoms with Crippen LogP contribution < -0.4 is 4.68 Å². The number of aromatic nitrogens is 3. The maximum absolute atomic E-state index is 9.57. The van der Waals surface area contributed by atoms with E-state index in [0.29, 0.717) is 5.82 Å². The molecule has 0 bridgehead atoms. The summed E-state index contributed by atoms with van der Waals surface area (Å²) in [5, 5.41) is 12.7. The third kappa shape index (κ3) is 3.27. The molecule has 0 aliphatic heterocycles. The quantitative estimate of drug-likeness (QED) is 0.617. The average molecular weight is 236 g/mol. The molecule has 0 saturated heterocycles. The number of hydrogen-bond donors (Lipinski definition) is 2. The minimum atomic E-state index is -0.569. The molecule has 1 aromatic heterocycles. The summed E-state index contributed by atoms with van der Waals surface area (Å²) in [7, 11) is 1.85. The molecular weight excluding hydrogens is 214 g/mol. The van der Waals surface area contributed by atoms with E-state index in [-0.39, 0.29) is 5.41 Å². The molecule has 0 amide bonds. The highest BCUT2D eigenvalue weighted by atomic mass is 16.3. The summed E-state index contributed by atoms with van der Waals surface area (Å²) in [5.41, 5.74) is -0.190. The van der Waals surface area contributed by atoms with Gasteiger partial charge in [0.15, 0.2) is 6.10 Å². The summed E-state index contributed by atoms with van der Waals surface area (Å²) in [6, 6.07) is 0. The van der Waals surface area contributed by atoms with Crippen molar-refractivity contribution in [2.75, 3.05) is 0 Å². The fourth-order valence-corrected chi connectivity index (χ4v) is 1.58. The van der Waals surface area contributed by atoms with E-state index in [9.17, 15) is 5.11 Å². The van der Waals surface area contributed by atoms with E-state index in [0.717, 1.165) is 5.82 Å². The van der Waals surface area contributed by atoms with Crippen LogP contribution in [0.4, 0.5) is 0 Å². The van der Waals surface area contributed by atoms with Crippen LogP contribution in [0.1, 0.15) is 45.4 Å². The fraction of sp³-hybridized carbons (Fsp3) is 0.538. The molecule has 0 spiro atoms. The lowest BCUT2D eigenvalue weighted by Crippen LogP contribution is -2.36. The summed E-state index contributed by atoms with van der Waals surface area (Å²) in [6.45, 7) is 7.85. The molecule has 0 aliphatic rings. The third-order valence-electron chi connectivity index (χ3n) is 2.64. The Morgan fingerprint density at radius 3 is 2.53 bits per heavy atom. The predicted octanol–water partition coefficient (Wildman–Crippen LogP) is 1.70. The summed E-state index contributed by atoms with van der Waals surface area (Å²) in [4.78, 5) is 4.44. The van der Waals surface area contributed by atoms with Crippen LogP contribution in [0.3, 0.4) is 0 Å². The zero-order chi connectivity index (χ0) is 13.1. The lowest BCUT2D eigenvalue weighted by atomic mass is 9.92. The van der Waals surface area contributed by atoms with Crippen LogP contribution in [0.2, 0.25) is 0 Å². The van der Waals surface area contributed by atoms with Crippen molar-refractivity contribution in [3.63, 3.8) is 0 Å². The molecule has 0 saturated carbocycles. The first-order chi connectivity index (χ1) is 7.88. The zero-order valence-electron chi connectivity index (χ0n) is 11.2. The molecule has 1 atom stereocenters. The first-order valence-electron chi connectivity index (χ1n) is 5.83. The third-order valence-corrected chi connectivity index (χ3v) is 2.64. The Labute approximate surface area is 103 Å². The largest absolute Gasteiger partial charge is 0.380 e. The summed E-state index contributed by atoms with van der Waals surface area (Å²) in [5.74, 6) is 1.49. The van der Waals surface area contributed by atoms with Crippen molar-refractivity contribution in [1.29, 1.82) is 0 Å². The highest BCUT2D eigenvalue weighted by Crippen LogP contribution is 2.21. The number of rotatable bonds is 4. The van der Waals surface area contributed by atoms with E-state index in [4.69, 9.17) is 0 Å². The summed E-state index contributed by atoms with van der Waals surface area (Å²) in [6.07, 6.45) is 7.48. The molecule has 17 heavy (non-hydrogen) atoms. The van der Waals surface area contributed by atoms with Gasteiger partial charge in [0.1, 0.15) is 7.05 Å². The van der Waals surface area contributed by atoms with Crippen LogP contribution in [0, 0.1) is 0 Å². The second kappa shape index (κ2) is 5.27. The van der Waals surface area contributed by atoms with E-state index in [1.54, 1.807) is 11.6 Å². The van der Waals surface area contributed by atoms with Gasteiger partial charge in [-0.05, 0) is 32.7 Å². The number of aromatic amines is 1. The van der Waals surface area contributed by atoms with Crippen molar-refractivity contribution < 1.29 is 9.79 Å². The van der Waals surface area contributed by atoms with E-state index in [2.05, 4.69) is 30.0 Å². The van der Waals surface area contributed by atoms with Gasteiger partial charge in [-0.3, -0.25) is 0 Å². The van der Waals surface area contributed by atoms with E-state index in [1.807, 2.05) is 32.2 Å². The van der Waals surface area contributed by atoms with Gasteiger partial charge in [-0.2, -0.15) is 9.78 Å². The van der Waals surface area contributed by atoms with Crippen molar-refractivity contribution in [2.24, 2.45) is 7.05 Å². The van der Waals surface area contributed by atoms with Crippen LogP contribution in [0.15, 0.2) is 24.3 Å². The number of aliphatic hydroxyl groups excluding tert-OH is 1. The molecular formula is C13H22N3O+. The van der Waals surface area contributed by atoms with Crippen LogP contribution in [0.5, 0.6) is 0 Å². The maximum Gasteiger partial charge on any atom is 0.347 e. The topological polar surface area (TPSA) is 52.8 Å². The summed E-state index contributed by atoms with van der Waals surface area (Å²) >= 11 is 0. The minimum Gasteiger partial charge on any atom is -0.380 e.